The van der Waals surface area contributed by atoms with E-state index < -0.39 is 17.4 Å². The summed E-state index contributed by atoms with van der Waals surface area (Å²) in [6.07, 6.45) is 8.40. The number of hydrogen-bond acceptors (Lipinski definition) is 7. The molecule has 0 aliphatic heterocycles. The SMILES string of the molecule is C=C(C)C(=O)OCCCc1cc(-c2ccc(-c3ccc(CCCCC)cc3)cc2CC)cc(CCCOC(=O)C(=C)C)c1OCCC(C)(CO)CO. The van der Waals surface area contributed by atoms with Gasteiger partial charge in [-0.1, -0.05) is 89.2 Å². The fraction of sp³-hybridized carbons (Fsp3) is 0.467. The Labute approximate surface area is 311 Å². The van der Waals surface area contributed by atoms with E-state index in [2.05, 4.69) is 81.6 Å². The Bertz CT molecular complexity index is 1580. The number of carbonyl (C=O) groups is 2. The molecule has 282 valence electrons. The molecular formula is C45H60O7. The summed E-state index contributed by atoms with van der Waals surface area (Å²) in [6, 6.07) is 19.9. The summed E-state index contributed by atoms with van der Waals surface area (Å²) in [4.78, 5) is 24.2. The first-order chi connectivity index (χ1) is 24.9. The molecule has 0 aliphatic carbocycles. The molecule has 7 heteroatoms. The minimum absolute atomic E-state index is 0.160. The molecule has 0 unspecified atom stereocenters. The molecule has 3 aromatic rings. The van der Waals surface area contributed by atoms with Crippen molar-refractivity contribution < 1.29 is 34.0 Å². The number of aliphatic hydroxyl groups is 2. The largest absolute Gasteiger partial charge is 0.493 e. The Morgan fingerprint density at radius 2 is 1.21 bits per heavy atom. The zero-order valence-electron chi connectivity index (χ0n) is 32.2. The van der Waals surface area contributed by atoms with Crippen molar-refractivity contribution in [3.05, 3.63) is 101 Å². The van der Waals surface area contributed by atoms with Crippen molar-refractivity contribution in [1.82, 2.24) is 0 Å². The van der Waals surface area contributed by atoms with Crippen molar-refractivity contribution in [2.24, 2.45) is 5.41 Å². The molecule has 7 nitrogen and oxygen atoms in total. The second-order valence-electron chi connectivity index (χ2n) is 14.3. The fourth-order valence-electron chi connectivity index (χ4n) is 5.97. The van der Waals surface area contributed by atoms with E-state index in [1.54, 1.807) is 13.8 Å². The lowest BCUT2D eigenvalue weighted by molar-refractivity contribution is -0.139. The Kier molecular flexibility index (Phi) is 17.3. The highest BCUT2D eigenvalue weighted by atomic mass is 16.5. The van der Waals surface area contributed by atoms with Gasteiger partial charge in [-0.15, -0.1) is 0 Å². The van der Waals surface area contributed by atoms with E-state index in [1.165, 1.54) is 41.5 Å². The second-order valence-corrected chi connectivity index (χ2v) is 14.3. The monoisotopic (exact) mass is 712 g/mol. The van der Waals surface area contributed by atoms with Crippen LogP contribution in [0.5, 0.6) is 5.75 Å². The van der Waals surface area contributed by atoms with Crippen molar-refractivity contribution in [2.75, 3.05) is 33.0 Å². The highest BCUT2D eigenvalue weighted by Gasteiger charge is 2.23. The Morgan fingerprint density at radius 1 is 0.673 bits per heavy atom. The molecule has 0 aliphatic rings. The molecule has 0 bridgehead atoms. The van der Waals surface area contributed by atoms with E-state index in [9.17, 15) is 19.8 Å². The number of aryl methyl sites for hydroxylation is 4. The van der Waals surface area contributed by atoms with Gasteiger partial charge in [0.1, 0.15) is 5.75 Å². The standard InChI is InChI=1S/C45H60O7/c1-8-10-11-14-34-17-19-36(20-18-34)37-21-22-41(35(9-2)27-37)40-28-38(15-12-24-51-43(48)32(3)4)42(50-26-23-45(7,30-46)31-47)39(29-40)16-13-25-52-44(49)33(5)6/h17-22,27-29,46-47H,3,5,8-16,23-26,30-31H2,1-2,4,6-7H3. The topological polar surface area (TPSA) is 102 Å². The molecule has 0 saturated heterocycles. The summed E-state index contributed by atoms with van der Waals surface area (Å²) in [6.45, 7) is 17.3. The fourth-order valence-corrected chi connectivity index (χ4v) is 5.97. The van der Waals surface area contributed by atoms with Gasteiger partial charge < -0.3 is 24.4 Å². The van der Waals surface area contributed by atoms with Gasteiger partial charge in [0.2, 0.25) is 0 Å². The number of aliphatic hydroxyl groups excluding tert-OH is 2. The van der Waals surface area contributed by atoms with Crippen LogP contribution >= 0.6 is 0 Å². The molecule has 3 rings (SSSR count). The highest BCUT2D eigenvalue weighted by molar-refractivity contribution is 5.87. The van der Waals surface area contributed by atoms with Crippen LogP contribution in [-0.4, -0.2) is 55.2 Å². The molecule has 0 atom stereocenters. The van der Waals surface area contributed by atoms with Crippen molar-refractivity contribution in [3.8, 4) is 28.0 Å². The predicted molar refractivity (Wildman–Crippen MR) is 210 cm³/mol. The first kappa shape index (κ1) is 42.2. The summed E-state index contributed by atoms with van der Waals surface area (Å²) < 4.78 is 17.3. The maximum Gasteiger partial charge on any atom is 0.333 e. The van der Waals surface area contributed by atoms with Crippen LogP contribution in [-0.2, 0) is 44.7 Å². The van der Waals surface area contributed by atoms with Crippen molar-refractivity contribution in [1.29, 1.82) is 0 Å². The van der Waals surface area contributed by atoms with Crippen LogP contribution < -0.4 is 4.74 Å². The molecule has 2 N–H and O–H groups in total. The van der Waals surface area contributed by atoms with Crippen molar-refractivity contribution >= 4 is 11.9 Å². The summed E-state index contributed by atoms with van der Waals surface area (Å²) in [5, 5.41) is 19.8. The van der Waals surface area contributed by atoms with Crippen LogP contribution in [0.2, 0.25) is 0 Å². The molecule has 0 saturated carbocycles. The van der Waals surface area contributed by atoms with Crippen LogP contribution in [0.15, 0.2) is 78.9 Å². The third-order valence-corrected chi connectivity index (χ3v) is 9.46. The third-order valence-electron chi connectivity index (χ3n) is 9.46. The van der Waals surface area contributed by atoms with Gasteiger partial charge in [-0.2, -0.15) is 0 Å². The normalized spacial score (nSPS) is 11.3. The lowest BCUT2D eigenvalue weighted by Crippen LogP contribution is -2.28. The third kappa shape index (κ3) is 12.8. The zero-order chi connectivity index (χ0) is 38.1. The number of benzene rings is 3. The number of hydrogen-bond donors (Lipinski definition) is 2. The minimum atomic E-state index is -0.680. The van der Waals surface area contributed by atoms with Gasteiger partial charge in [-0.25, -0.2) is 9.59 Å². The maximum absolute atomic E-state index is 12.1. The Hall–Kier alpha value is -4.20. The molecule has 0 radical (unpaired) electrons. The molecule has 3 aromatic carbocycles. The Balaban J connectivity index is 2.02. The maximum atomic E-state index is 12.1. The van der Waals surface area contributed by atoms with Gasteiger partial charge in [-0.3, -0.25) is 0 Å². The number of ether oxygens (including phenoxy) is 3. The summed E-state index contributed by atoms with van der Waals surface area (Å²) >= 11 is 0. The van der Waals surface area contributed by atoms with Crippen LogP contribution in [0, 0.1) is 5.41 Å². The first-order valence-corrected chi connectivity index (χ1v) is 18.8. The van der Waals surface area contributed by atoms with Crippen LogP contribution in [0.3, 0.4) is 0 Å². The molecule has 0 fully saturated rings. The quantitative estimate of drug-likeness (QED) is 0.0574. The molecular weight excluding hydrogens is 652 g/mol. The lowest BCUT2D eigenvalue weighted by atomic mass is 9.89. The van der Waals surface area contributed by atoms with E-state index >= 15 is 0 Å². The summed E-state index contributed by atoms with van der Waals surface area (Å²) in [5.74, 6) is -0.101. The van der Waals surface area contributed by atoms with E-state index in [0.717, 1.165) is 40.8 Å². The second kappa shape index (κ2) is 21.4. The van der Waals surface area contributed by atoms with Crippen LogP contribution in [0.4, 0.5) is 0 Å². The lowest BCUT2D eigenvalue weighted by Gasteiger charge is -2.26. The molecule has 52 heavy (non-hydrogen) atoms. The van der Waals surface area contributed by atoms with Gasteiger partial charge in [0, 0.05) is 16.6 Å². The molecule has 0 spiro atoms. The van der Waals surface area contributed by atoms with Gasteiger partial charge in [-0.05, 0) is 122 Å². The van der Waals surface area contributed by atoms with Gasteiger partial charge in [0.15, 0.2) is 0 Å². The zero-order valence-corrected chi connectivity index (χ0v) is 32.2. The van der Waals surface area contributed by atoms with Crippen LogP contribution in [0.25, 0.3) is 22.3 Å². The summed E-state index contributed by atoms with van der Waals surface area (Å²) in [5.41, 5.74) is 9.12. The number of unbranched alkanes of at least 4 members (excludes halogenated alkanes) is 2. The average molecular weight is 713 g/mol. The van der Waals surface area contributed by atoms with E-state index in [4.69, 9.17) is 14.2 Å². The van der Waals surface area contributed by atoms with Gasteiger partial charge in [0.25, 0.3) is 0 Å². The summed E-state index contributed by atoms with van der Waals surface area (Å²) in [7, 11) is 0. The molecule has 0 heterocycles. The highest BCUT2D eigenvalue weighted by Crippen LogP contribution is 2.37. The van der Waals surface area contributed by atoms with Crippen molar-refractivity contribution in [2.45, 2.75) is 98.8 Å². The number of carbonyl (C=O) groups excluding carboxylic acids is 2. The van der Waals surface area contributed by atoms with Gasteiger partial charge >= 0.3 is 11.9 Å². The average Bonchev–Trinajstić information content (AvgIpc) is 3.15. The predicted octanol–water partition coefficient (Wildman–Crippen LogP) is 9.18. The smallest absolute Gasteiger partial charge is 0.333 e. The minimum Gasteiger partial charge on any atom is -0.493 e. The van der Waals surface area contributed by atoms with Crippen molar-refractivity contribution in [3.63, 3.8) is 0 Å². The van der Waals surface area contributed by atoms with E-state index in [-0.39, 0.29) is 26.4 Å². The molecule has 0 amide bonds. The van der Waals surface area contributed by atoms with E-state index in [1.807, 2.05) is 6.92 Å². The number of rotatable bonds is 23. The van der Waals surface area contributed by atoms with E-state index in [0.29, 0.717) is 49.9 Å². The number of esters is 2. The Morgan fingerprint density at radius 3 is 1.71 bits per heavy atom. The van der Waals surface area contributed by atoms with Gasteiger partial charge in [0.05, 0.1) is 33.0 Å². The van der Waals surface area contributed by atoms with Crippen LogP contribution in [0.1, 0.15) is 95.4 Å². The first-order valence-electron chi connectivity index (χ1n) is 18.8. The molecule has 0 aromatic heterocycles.